The minimum absolute atomic E-state index is 0.0981. The molecule has 0 amide bonds. The Morgan fingerprint density at radius 2 is 2.12 bits per heavy atom. The molecule has 17 heavy (non-hydrogen) atoms. The number of aliphatic hydroxyl groups is 1. The predicted octanol–water partition coefficient (Wildman–Crippen LogP) is 2.66. The zero-order valence-electron chi connectivity index (χ0n) is 10.9. The van der Waals surface area contributed by atoms with Crippen LogP contribution in [0.15, 0.2) is 0 Å². The SMILES string of the molecule is CCC1(OC(C)=O)CCC2CC(O)CCC2C1. The summed E-state index contributed by atoms with van der Waals surface area (Å²) in [5.41, 5.74) is -0.213. The van der Waals surface area contributed by atoms with E-state index in [0.717, 1.165) is 44.9 Å². The minimum Gasteiger partial charge on any atom is -0.459 e. The molecule has 3 nitrogen and oxygen atoms in total. The molecule has 3 heteroatoms. The van der Waals surface area contributed by atoms with Crippen molar-refractivity contribution in [2.45, 2.75) is 70.5 Å². The van der Waals surface area contributed by atoms with Gasteiger partial charge in [0.05, 0.1) is 6.10 Å². The molecular formula is C14H24O3. The second-order valence-electron chi connectivity index (χ2n) is 5.86. The van der Waals surface area contributed by atoms with E-state index in [4.69, 9.17) is 4.74 Å². The van der Waals surface area contributed by atoms with E-state index in [1.807, 2.05) is 0 Å². The van der Waals surface area contributed by atoms with Crippen LogP contribution >= 0.6 is 0 Å². The second kappa shape index (κ2) is 4.97. The molecule has 0 aromatic heterocycles. The molecule has 0 aromatic rings. The van der Waals surface area contributed by atoms with Crippen LogP contribution in [0.4, 0.5) is 0 Å². The molecule has 2 aliphatic carbocycles. The van der Waals surface area contributed by atoms with Crippen LogP contribution in [0.5, 0.6) is 0 Å². The van der Waals surface area contributed by atoms with Gasteiger partial charge in [0.25, 0.3) is 0 Å². The molecule has 4 unspecified atom stereocenters. The molecule has 0 radical (unpaired) electrons. The molecule has 98 valence electrons. The van der Waals surface area contributed by atoms with Crippen LogP contribution < -0.4 is 0 Å². The summed E-state index contributed by atoms with van der Waals surface area (Å²) >= 11 is 0. The van der Waals surface area contributed by atoms with Gasteiger partial charge in [-0.15, -0.1) is 0 Å². The van der Waals surface area contributed by atoms with Gasteiger partial charge in [-0.2, -0.15) is 0 Å². The van der Waals surface area contributed by atoms with Crippen LogP contribution in [-0.2, 0) is 9.53 Å². The van der Waals surface area contributed by atoms with Crippen LogP contribution in [0.25, 0.3) is 0 Å². The van der Waals surface area contributed by atoms with Crippen molar-refractivity contribution in [2.75, 3.05) is 0 Å². The Kier molecular flexibility index (Phi) is 3.76. The molecule has 0 saturated heterocycles. The van der Waals surface area contributed by atoms with Crippen LogP contribution in [0.3, 0.4) is 0 Å². The normalized spacial score (nSPS) is 41.7. The number of carbonyl (C=O) groups is 1. The first kappa shape index (κ1) is 12.9. The number of rotatable bonds is 2. The summed E-state index contributed by atoms with van der Waals surface area (Å²) in [6.07, 6.45) is 6.85. The Morgan fingerprint density at radius 3 is 2.76 bits per heavy atom. The van der Waals surface area contributed by atoms with Crippen molar-refractivity contribution in [1.82, 2.24) is 0 Å². The molecule has 2 aliphatic rings. The standard InChI is InChI=1S/C14H24O3/c1-3-14(17-10(2)15)7-6-11-8-13(16)5-4-12(11)9-14/h11-13,16H,3-9H2,1-2H3. The first-order chi connectivity index (χ1) is 8.04. The van der Waals surface area contributed by atoms with Gasteiger partial charge in [-0.3, -0.25) is 4.79 Å². The predicted molar refractivity (Wildman–Crippen MR) is 65.5 cm³/mol. The number of hydrogen-bond acceptors (Lipinski definition) is 3. The quantitative estimate of drug-likeness (QED) is 0.755. The zero-order valence-corrected chi connectivity index (χ0v) is 10.9. The molecule has 0 heterocycles. The summed E-state index contributed by atoms with van der Waals surface area (Å²) in [7, 11) is 0. The summed E-state index contributed by atoms with van der Waals surface area (Å²) in [4.78, 5) is 11.2. The summed E-state index contributed by atoms with van der Waals surface area (Å²) < 4.78 is 5.60. The first-order valence-electron chi connectivity index (χ1n) is 6.92. The van der Waals surface area contributed by atoms with Gasteiger partial charge < -0.3 is 9.84 Å². The number of hydrogen-bond donors (Lipinski definition) is 1. The Morgan fingerprint density at radius 1 is 1.35 bits per heavy atom. The van der Waals surface area contributed by atoms with E-state index in [1.165, 1.54) is 6.92 Å². The fourth-order valence-electron chi connectivity index (χ4n) is 3.74. The van der Waals surface area contributed by atoms with Crippen molar-refractivity contribution >= 4 is 5.97 Å². The summed E-state index contributed by atoms with van der Waals surface area (Å²) in [5, 5.41) is 9.70. The summed E-state index contributed by atoms with van der Waals surface area (Å²) in [6, 6.07) is 0. The molecule has 2 rings (SSSR count). The molecule has 0 aliphatic heterocycles. The average Bonchev–Trinajstić information content (AvgIpc) is 2.29. The fourth-order valence-corrected chi connectivity index (χ4v) is 3.74. The smallest absolute Gasteiger partial charge is 0.303 e. The third-order valence-corrected chi connectivity index (χ3v) is 4.72. The minimum atomic E-state index is -0.213. The lowest BCUT2D eigenvalue weighted by atomic mass is 9.64. The van der Waals surface area contributed by atoms with E-state index < -0.39 is 0 Å². The lowest BCUT2D eigenvalue weighted by molar-refractivity contribution is -0.166. The van der Waals surface area contributed by atoms with Crippen molar-refractivity contribution in [2.24, 2.45) is 11.8 Å². The summed E-state index contributed by atoms with van der Waals surface area (Å²) in [5.74, 6) is 1.14. The largest absolute Gasteiger partial charge is 0.459 e. The van der Waals surface area contributed by atoms with Crippen LogP contribution in [0.1, 0.15) is 58.8 Å². The molecule has 2 fully saturated rings. The van der Waals surface area contributed by atoms with Gasteiger partial charge in [0.15, 0.2) is 0 Å². The topological polar surface area (TPSA) is 46.5 Å². The van der Waals surface area contributed by atoms with Crippen molar-refractivity contribution < 1.29 is 14.6 Å². The monoisotopic (exact) mass is 240 g/mol. The van der Waals surface area contributed by atoms with Crippen molar-refractivity contribution in [3.05, 3.63) is 0 Å². The van der Waals surface area contributed by atoms with Gasteiger partial charge in [0.2, 0.25) is 0 Å². The molecular weight excluding hydrogens is 216 g/mol. The average molecular weight is 240 g/mol. The number of ether oxygens (including phenoxy) is 1. The maximum absolute atomic E-state index is 11.2. The first-order valence-corrected chi connectivity index (χ1v) is 6.92. The number of carbonyl (C=O) groups excluding carboxylic acids is 1. The van der Waals surface area contributed by atoms with E-state index in [0.29, 0.717) is 11.8 Å². The Labute approximate surface area is 104 Å². The number of fused-ring (bicyclic) bond motifs is 1. The van der Waals surface area contributed by atoms with E-state index in [-0.39, 0.29) is 17.7 Å². The molecule has 2 saturated carbocycles. The lowest BCUT2D eigenvalue weighted by Crippen LogP contribution is -2.44. The molecule has 0 bridgehead atoms. The molecule has 0 spiro atoms. The highest BCUT2D eigenvalue weighted by Crippen LogP contribution is 2.47. The number of aliphatic hydroxyl groups excluding tert-OH is 1. The van der Waals surface area contributed by atoms with E-state index >= 15 is 0 Å². The van der Waals surface area contributed by atoms with Gasteiger partial charge in [-0.1, -0.05) is 6.92 Å². The second-order valence-corrected chi connectivity index (χ2v) is 5.86. The lowest BCUT2D eigenvalue weighted by Gasteiger charge is -2.46. The van der Waals surface area contributed by atoms with Crippen LogP contribution in [-0.4, -0.2) is 22.8 Å². The van der Waals surface area contributed by atoms with Gasteiger partial charge in [-0.05, 0) is 56.8 Å². The van der Waals surface area contributed by atoms with Gasteiger partial charge >= 0.3 is 5.97 Å². The van der Waals surface area contributed by atoms with Crippen LogP contribution in [0, 0.1) is 11.8 Å². The molecule has 0 aromatic carbocycles. The molecule has 1 N–H and O–H groups in total. The highest BCUT2D eigenvalue weighted by molar-refractivity contribution is 5.66. The van der Waals surface area contributed by atoms with E-state index in [9.17, 15) is 9.90 Å². The Balaban J connectivity index is 2.02. The third-order valence-electron chi connectivity index (χ3n) is 4.72. The van der Waals surface area contributed by atoms with E-state index in [2.05, 4.69) is 6.92 Å². The maximum Gasteiger partial charge on any atom is 0.303 e. The Bertz CT molecular complexity index is 289. The van der Waals surface area contributed by atoms with Gasteiger partial charge in [0, 0.05) is 6.92 Å². The third kappa shape index (κ3) is 2.82. The summed E-state index contributed by atoms with van der Waals surface area (Å²) in [6.45, 7) is 3.62. The van der Waals surface area contributed by atoms with Gasteiger partial charge in [0.1, 0.15) is 5.60 Å². The van der Waals surface area contributed by atoms with Crippen molar-refractivity contribution in [1.29, 1.82) is 0 Å². The Hall–Kier alpha value is -0.570. The van der Waals surface area contributed by atoms with Crippen LogP contribution in [0.2, 0.25) is 0 Å². The highest BCUT2D eigenvalue weighted by Gasteiger charge is 2.43. The van der Waals surface area contributed by atoms with Crippen molar-refractivity contribution in [3.8, 4) is 0 Å². The zero-order chi connectivity index (χ0) is 12.5. The molecule has 4 atom stereocenters. The van der Waals surface area contributed by atoms with E-state index in [1.54, 1.807) is 0 Å². The maximum atomic E-state index is 11.2. The van der Waals surface area contributed by atoms with Crippen molar-refractivity contribution in [3.63, 3.8) is 0 Å². The van der Waals surface area contributed by atoms with Gasteiger partial charge in [-0.25, -0.2) is 0 Å². The number of esters is 1. The fraction of sp³-hybridized carbons (Fsp3) is 0.929. The highest BCUT2D eigenvalue weighted by atomic mass is 16.6.